The van der Waals surface area contributed by atoms with Crippen LogP contribution in [0.3, 0.4) is 0 Å². The smallest absolute Gasteiger partial charge is 0.416 e. The van der Waals surface area contributed by atoms with Crippen LogP contribution in [0, 0.1) is 0 Å². The van der Waals surface area contributed by atoms with Crippen molar-refractivity contribution in [1.82, 2.24) is 0 Å². The zero-order valence-corrected chi connectivity index (χ0v) is 15.6. The number of rotatable bonds is 7. The van der Waals surface area contributed by atoms with Crippen molar-refractivity contribution in [3.63, 3.8) is 0 Å². The second-order valence-electron chi connectivity index (χ2n) is 5.67. The minimum Gasteiger partial charge on any atom is -0.497 e. The van der Waals surface area contributed by atoms with Gasteiger partial charge in [-0.1, -0.05) is 0 Å². The summed E-state index contributed by atoms with van der Waals surface area (Å²) in [6.07, 6.45) is -1.91. The van der Waals surface area contributed by atoms with Gasteiger partial charge in [-0.15, -0.1) is 0 Å². The molecule has 2 rings (SSSR count). The Morgan fingerprint density at radius 1 is 1.03 bits per heavy atom. The quantitative estimate of drug-likeness (QED) is 0.554. The summed E-state index contributed by atoms with van der Waals surface area (Å²) >= 11 is 0. The number of ether oxygens (including phenoxy) is 3. The summed E-state index contributed by atoms with van der Waals surface area (Å²) in [5, 5.41) is 2.34. The molecule has 29 heavy (non-hydrogen) atoms. The average Bonchev–Trinajstić information content (AvgIpc) is 2.70. The van der Waals surface area contributed by atoms with E-state index in [1.807, 2.05) is 0 Å². The largest absolute Gasteiger partial charge is 0.497 e. The van der Waals surface area contributed by atoms with Crippen LogP contribution in [0.4, 0.5) is 18.9 Å². The van der Waals surface area contributed by atoms with Gasteiger partial charge in [-0.2, -0.15) is 13.2 Å². The first-order chi connectivity index (χ1) is 13.7. The van der Waals surface area contributed by atoms with Gasteiger partial charge in [-0.25, -0.2) is 4.79 Å². The number of anilines is 1. The maximum absolute atomic E-state index is 12.5. The predicted octanol–water partition coefficient (Wildman–Crippen LogP) is 3.92. The molecule has 1 N–H and O–H groups in total. The van der Waals surface area contributed by atoms with Crippen molar-refractivity contribution in [2.75, 3.05) is 26.1 Å². The molecule has 2 aromatic carbocycles. The van der Waals surface area contributed by atoms with E-state index in [1.165, 1.54) is 20.3 Å². The number of esters is 1. The number of benzene rings is 2. The lowest BCUT2D eigenvalue weighted by Gasteiger charge is -2.09. The zero-order chi connectivity index (χ0) is 21.4. The minimum atomic E-state index is -4.46. The monoisotopic (exact) mass is 409 g/mol. The summed E-state index contributed by atoms with van der Waals surface area (Å²) in [7, 11) is 2.97. The van der Waals surface area contributed by atoms with Gasteiger partial charge in [0.25, 0.3) is 5.91 Å². The van der Waals surface area contributed by atoms with Crippen molar-refractivity contribution in [1.29, 1.82) is 0 Å². The summed E-state index contributed by atoms with van der Waals surface area (Å²) in [4.78, 5) is 23.6. The molecule has 154 valence electrons. The topological polar surface area (TPSA) is 73.9 Å². The molecule has 0 aliphatic carbocycles. The fourth-order valence-electron chi connectivity index (χ4n) is 2.25. The Kier molecular flexibility index (Phi) is 7.24. The van der Waals surface area contributed by atoms with Crippen LogP contribution in [-0.2, 0) is 20.5 Å². The van der Waals surface area contributed by atoms with Crippen molar-refractivity contribution >= 4 is 23.6 Å². The highest BCUT2D eigenvalue weighted by Gasteiger charge is 2.29. The molecule has 0 atom stereocenters. The molecule has 0 aromatic heterocycles. The molecule has 0 saturated heterocycles. The molecule has 0 heterocycles. The maximum atomic E-state index is 12.5. The molecule has 0 saturated carbocycles. The normalized spacial score (nSPS) is 11.2. The van der Waals surface area contributed by atoms with Crippen LogP contribution in [0.15, 0.2) is 48.5 Å². The van der Waals surface area contributed by atoms with E-state index in [9.17, 15) is 22.8 Å². The molecule has 0 aliphatic heterocycles. The molecule has 0 unspecified atom stereocenters. The maximum Gasteiger partial charge on any atom is 0.416 e. The number of amides is 1. The minimum absolute atomic E-state index is 0.149. The van der Waals surface area contributed by atoms with Gasteiger partial charge < -0.3 is 19.5 Å². The van der Waals surface area contributed by atoms with Crippen molar-refractivity contribution in [2.24, 2.45) is 0 Å². The third-order valence-electron chi connectivity index (χ3n) is 3.68. The van der Waals surface area contributed by atoms with Gasteiger partial charge >= 0.3 is 12.1 Å². The molecule has 6 nitrogen and oxygen atoms in total. The first-order valence-electron chi connectivity index (χ1n) is 8.27. The summed E-state index contributed by atoms with van der Waals surface area (Å²) < 4.78 is 52.6. The Hall–Kier alpha value is -3.49. The number of hydrogen-bond donors (Lipinski definition) is 1. The number of hydrogen-bond acceptors (Lipinski definition) is 5. The van der Waals surface area contributed by atoms with Gasteiger partial charge in [-0.05, 0) is 48.5 Å². The number of alkyl halides is 3. The highest BCUT2D eigenvalue weighted by Crippen LogP contribution is 2.29. The van der Waals surface area contributed by atoms with Crippen LogP contribution >= 0.6 is 0 Å². The van der Waals surface area contributed by atoms with Crippen LogP contribution in [-0.4, -0.2) is 32.7 Å². The fourth-order valence-corrected chi connectivity index (χ4v) is 2.25. The summed E-state index contributed by atoms with van der Waals surface area (Å²) in [5.74, 6) is -0.396. The zero-order valence-electron chi connectivity index (χ0n) is 15.6. The highest BCUT2D eigenvalue weighted by molar-refractivity contribution is 5.94. The SMILES string of the molecule is COc1ccc(OC)c(/C=C/C(=O)OCC(=O)Nc2ccc(C(F)(F)F)cc2)c1. The first-order valence-corrected chi connectivity index (χ1v) is 8.27. The van der Waals surface area contributed by atoms with E-state index in [-0.39, 0.29) is 5.69 Å². The Labute approximate surface area is 164 Å². The third-order valence-corrected chi connectivity index (χ3v) is 3.68. The number of methoxy groups -OCH3 is 2. The lowest BCUT2D eigenvalue weighted by atomic mass is 10.1. The van der Waals surface area contributed by atoms with Gasteiger partial charge in [0.15, 0.2) is 6.61 Å². The van der Waals surface area contributed by atoms with Gasteiger partial charge in [-0.3, -0.25) is 4.79 Å². The first kappa shape index (κ1) is 21.8. The van der Waals surface area contributed by atoms with Gasteiger partial charge in [0.05, 0.1) is 19.8 Å². The predicted molar refractivity (Wildman–Crippen MR) is 99.6 cm³/mol. The average molecular weight is 409 g/mol. The van der Waals surface area contributed by atoms with Crippen LogP contribution in [0.25, 0.3) is 6.08 Å². The van der Waals surface area contributed by atoms with Crippen molar-refractivity contribution < 1.29 is 37.0 Å². The molecule has 0 spiro atoms. The highest BCUT2D eigenvalue weighted by atomic mass is 19.4. The van der Waals surface area contributed by atoms with Crippen LogP contribution < -0.4 is 14.8 Å². The standard InChI is InChI=1S/C20H18F3NO5/c1-27-16-8-9-17(28-2)13(11-16)3-10-19(26)29-12-18(25)24-15-6-4-14(5-7-15)20(21,22)23/h3-11H,12H2,1-2H3,(H,24,25)/b10-3+. The van der Waals surface area contributed by atoms with E-state index < -0.39 is 30.2 Å². The number of carbonyl (C=O) groups excluding carboxylic acids is 2. The second-order valence-corrected chi connectivity index (χ2v) is 5.67. The molecular weight excluding hydrogens is 391 g/mol. The Morgan fingerprint density at radius 3 is 2.31 bits per heavy atom. The fraction of sp³-hybridized carbons (Fsp3) is 0.200. The summed E-state index contributed by atoms with van der Waals surface area (Å²) in [6, 6.07) is 8.91. The lowest BCUT2D eigenvalue weighted by molar-refractivity contribution is -0.142. The Morgan fingerprint density at radius 2 is 1.72 bits per heavy atom. The van der Waals surface area contributed by atoms with E-state index in [0.717, 1.165) is 30.3 Å². The van der Waals surface area contributed by atoms with Crippen LogP contribution in [0.2, 0.25) is 0 Å². The summed E-state index contributed by atoms with van der Waals surface area (Å²) in [5.41, 5.74) is -0.117. The van der Waals surface area contributed by atoms with E-state index in [4.69, 9.17) is 14.2 Å². The van der Waals surface area contributed by atoms with Crippen molar-refractivity contribution in [3.05, 3.63) is 59.7 Å². The molecule has 1 amide bonds. The van der Waals surface area contributed by atoms with Crippen molar-refractivity contribution in [2.45, 2.75) is 6.18 Å². The van der Waals surface area contributed by atoms with E-state index in [1.54, 1.807) is 18.2 Å². The number of carbonyl (C=O) groups is 2. The molecule has 9 heteroatoms. The second kappa shape index (κ2) is 9.63. The van der Waals surface area contributed by atoms with E-state index in [2.05, 4.69) is 5.32 Å². The third kappa shape index (κ3) is 6.56. The molecule has 0 radical (unpaired) electrons. The van der Waals surface area contributed by atoms with Crippen LogP contribution in [0.1, 0.15) is 11.1 Å². The van der Waals surface area contributed by atoms with E-state index >= 15 is 0 Å². The number of nitrogens with one attached hydrogen (secondary N) is 1. The van der Waals surface area contributed by atoms with Crippen LogP contribution in [0.5, 0.6) is 11.5 Å². The molecular formula is C20H18F3NO5. The lowest BCUT2D eigenvalue weighted by Crippen LogP contribution is -2.20. The van der Waals surface area contributed by atoms with Gasteiger partial charge in [0, 0.05) is 17.3 Å². The number of halogens is 3. The Balaban J connectivity index is 1.89. The molecule has 2 aromatic rings. The van der Waals surface area contributed by atoms with Gasteiger partial charge in [0.1, 0.15) is 11.5 Å². The molecule has 0 fully saturated rings. The van der Waals surface area contributed by atoms with Crippen molar-refractivity contribution in [3.8, 4) is 11.5 Å². The Bertz CT molecular complexity index is 892. The van der Waals surface area contributed by atoms with Gasteiger partial charge in [0.2, 0.25) is 0 Å². The van der Waals surface area contributed by atoms with E-state index in [0.29, 0.717) is 17.1 Å². The molecule has 0 aliphatic rings. The summed E-state index contributed by atoms with van der Waals surface area (Å²) in [6.45, 7) is -0.598. The molecule has 0 bridgehead atoms.